The summed E-state index contributed by atoms with van der Waals surface area (Å²) in [6, 6.07) is 3.76. The number of nitrogen functional groups attached to an aromatic ring is 1. The van der Waals surface area contributed by atoms with Crippen molar-refractivity contribution in [3.8, 4) is 0 Å². The van der Waals surface area contributed by atoms with E-state index in [1.807, 2.05) is 0 Å². The van der Waals surface area contributed by atoms with E-state index >= 15 is 0 Å². The quantitative estimate of drug-likeness (QED) is 0.625. The van der Waals surface area contributed by atoms with Crippen LogP contribution in [0.3, 0.4) is 0 Å². The van der Waals surface area contributed by atoms with Crippen LogP contribution in [0.15, 0.2) is 18.2 Å². The van der Waals surface area contributed by atoms with Crippen LogP contribution < -0.4 is 11.1 Å². The van der Waals surface area contributed by atoms with E-state index in [0.717, 1.165) is 6.07 Å². The van der Waals surface area contributed by atoms with Gasteiger partial charge in [0, 0.05) is 6.54 Å². The van der Waals surface area contributed by atoms with E-state index in [1.165, 1.54) is 12.1 Å². The third-order valence-corrected chi connectivity index (χ3v) is 2.07. The first-order chi connectivity index (χ1) is 7.83. The Morgan fingerprint density at radius 3 is 2.47 bits per heavy atom. The minimum Gasteiger partial charge on any atom is -0.396 e. The van der Waals surface area contributed by atoms with E-state index in [2.05, 4.69) is 5.32 Å². The van der Waals surface area contributed by atoms with Gasteiger partial charge in [-0.15, -0.1) is 0 Å². The second-order valence-corrected chi connectivity index (χ2v) is 3.52. The Balaban J connectivity index is 2.49. The van der Waals surface area contributed by atoms with E-state index in [4.69, 9.17) is 5.73 Å². The van der Waals surface area contributed by atoms with Crippen LogP contribution in [0.4, 0.5) is 27.6 Å². The number of hydrogen-bond acceptors (Lipinski definition) is 2. The molecule has 7 heteroatoms. The fraction of sp³-hybridized carbons (Fsp3) is 0.400. The maximum Gasteiger partial charge on any atom is 0.319 e. The molecule has 0 saturated heterocycles. The SMILES string of the molecule is Nc1ccc(CNCC(F)(F)C(F)F)cc1F. The van der Waals surface area contributed by atoms with E-state index in [0.29, 0.717) is 5.56 Å². The van der Waals surface area contributed by atoms with Crippen LogP contribution >= 0.6 is 0 Å². The standard InChI is InChI=1S/C10H11F5N2/c11-7-3-6(1-2-8(7)16)4-17-5-10(14,15)9(12)13/h1-3,9,17H,4-5,16H2. The molecule has 1 aromatic rings. The molecule has 3 N–H and O–H groups in total. The number of halogens is 5. The minimum atomic E-state index is -4.09. The summed E-state index contributed by atoms with van der Waals surface area (Å²) < 4.78 is 61.5. The normalized spacial score (nSPS) is 12.1. The molecule has 1 aromatic carbocycles. The van der Waals surface area contributed by atoms with Gasteiger partial charge in [-0.2, -0.15) is 8.78 Å². The average Bonchev–Trinajstić information content (AvgIpc) is 2.23. The van der Waals surface area contributed by atoms with Crippen molar-refractivity contribution in [2.24, 2.45) is 0 Å². The Kier molecular flexibility index (Phi) is 4.28. The van der Waals surface area contributed by atoms with Gasteiger partial charge in [0.25, 0.3) is 0 Å². The lowest BCUT2D eigenvalue weighted by Gasteiger charge is -2.15. The maximum absolute atomic E-state index is 12.9. The van der Waals surface area contributed by atoms with Gasteiger partial charge in [-0.25, -0.2) is 13.2 Å². The molecular weight excluding hydrogens is 243 g/mol. The molecule has 0 spiro atoms. The summed E-state index contributed by atoms with van der Waals surface area (Å²) in [6.07, 6.45) is -3.72. The predicted octanol–water partition coefficient (Wildman–Crippen LogP) is 2.40. The number of nitrogens with one attached hydrogen (secondary N) is 1. The van der Waals surface area contributed by atoms with Gasteiger partial charge in [0.1, 0.15) is 5.82 Å². The van der Waals surface area contributed by atoms with Gasteiger partial charge in [-0.1, -0.05) is 6.07 Å². The lowest BCUT2D eigenvalue weighted by atomic mass is 10.2. The van der Waals surface area contributed by atoms with Crippen LogP contribution in [0.1, 0.15) is 5.56 Å². The topological polar surface area (TPSA) is 38.0 Å². The number of benzene rings is 1. The Labute approximate surface area is 94.6 Å². The number of hydrogen-bond donors (Lipinski definition) is 2. The summed E-state index contributed by atoms with van der Waals surface area (Å²) in [5.74, 6) is -4.77. The van der Waals surface area contributed by atoms with Crippen molar-refractivity contribution in [3.05, 3.63) is 29.6 Å². The van der Waals surface area contributed by atoms with E-state index in [9.17, 15) is 22.0 Å². The van der Waals surface area contributed by atoms with Gasteiger partial charge in [0.2, 0.25) is 0 Å². The Morgan fingerprint density at radius 1 is 1.29 bits per heavy atom. The zero-order valence-electron chi connectivity index (χ0n) is 8.69. The van der Waals surface area contributed by atoms with Crippen LogP contribution in [0.5, 0.6) is 0 Å². The largest absolute Gasteiger partial charge is 0.396 e. The van der Waals surface area contributed by atoms with Crippen LogP contribution in [-0.2, 0) is 6.54 Å². The van der Waals surface area contributed by atoms with E-state index in [1.54, 1.807) is 0 Å². The molecule has 0 aliphatic carbocycles. The fourth-order valence-electron chi connectivity index (χ4n) is 1.13. The smallest absolute Gasteiger partial charge is 0.319 e. The summed E-state index contributed by atoms with van der Waals surface area (Å²) in [7, 11) is 0. The fourth-order valence-corrected chi connectivity index (χ4v) is 1.13. The van der Waals surface area contributed by atoms with Gasteiger partial charge in [-0.05, 0) is 17.7 Å². The van der Waals surface area contributed by atoms with Crippen molar-refractivity contribution in [1.29, 1.82) is 0 Å². The van der Waals surface area contributed by atoms with Crippen molar-refractivity contribution in [2.45, 2.75) is 18.9 Å². The van der Waals surface area contributed by atoms with Crippen molar-refractivity contribution in [1.82, 2.24) is 5.32 Å². The molecule has 0 unspecified atom stereocenters. The highest BCUT2D eigenvalue weighted by molar-refractivity contribution is 5.41. The first-order valence-electron chi connectivity index (χ1n) is 4.73. The van der Waals surface area contributed by atoms with Gasteiger partial charge >= 0.3 is 12.3 Å². The number of nitrogens with two attached hydrogens (primary N) is 1. The van der Waals surface area contributed by atoms with Gasteiger partial charge in [0.15, 0.2) is 0 Å². The average molecular weight is 254 g/mol. The zero-order valence-corrected chi connectivity index (χ0v) is 8.69. The summed E-state index contributed by atoms with van der Waals surface area (Å²) >= 11 is 0. The Bertz CT molecular complexity index is 381. The first-order valence-corrected chi connectivity index (χ1v) is 4.73. The molecule has 0 aliphatic heterocycles. The molecule has 0 amide bonds. The van der Waals surface area contributed by atoms with Crippen molar-refractivity contribution < 1.29 is 22.0 Å². The Hall–Kier alpha value is -1.37. The van der Waals surface area contributed by atoms with Crippen molar-refractivity contribution in [3.63, 3.8) is 0 Å². The monoisotopic (exact) mass is 254 g/mol. The molecule has 0 aliphatic rings. The third kappa shape index (κ3) is 3.85. The molecule has 0 fully saturated rings. The van der Waals surface area contributed by atoms with Crippen LogP contribution in [0.25, 0.3) is 0 Å². The van der Waals surface area contributed by atoms with Crippen LogP contribution in [-0.4, -0.2) is 18.9 Å². The number of rotatable bonds is 5. The third-order valence-electron chi connectivity index (χ3n) is 2.07. The lowest BCUT2D eigenvalue weighted by Crippen LogP contribution is -2.38. The number of anilines is 1. The van der Waals surface area contributed by atoms with Crippen molar-refractivity contribution in [2.75, 3.05) is 12.3 Å². The highest BCUT2D eigenvalue weighted by atomic mass is 19.3. The molecule has 96 valence electrons. The summed E-state index contributed by atoms with van der Waals surface area (Å²) in [5, 5.41) is 2.13. The van der Waals surface area contributed by atoms with E-state index in [-0.39, 0.29) is 12.2 Å². The second kappa shape index (κ2) is 5.31. The molecule has 0 atom stereocenters. The molecule has 17 heavy (non-hydrogen) atoms. The molecule has 0 saturated carbocycles. The second-order valence-electron chi connectivity index (χ2n) is 3.52. The summed E-state index contributed by atoms with van der Waals surface area (Å²) in [5.41, 5.74) is 5.50. The molecule has 0 bridgehead atoms. The maximum atomic E-state index is 12.9. The lowest BCUT2D eigenvalue weighted by molar-refractivity contribution is -0.125. The van der Waals surface area contributed by atoms with Gasteiger partial charge in [0.05, 0.1) is 12.2 Å². The van der Waals surface area contributed by atoms with E-state index < -0.39 is 24.7 Å². The highest BCUT2D eigenvalue weighted by Gasteiger charge is 2.39. The van der Waals surface area contributed by atoms with Crippen LogP contribution in [0.2, 0.25) is 0 Å². The summed E-state index contributed by atoms with van der Waals surface area (Å²) in [6.45, 7) is -1.31. The van der Waals surface area contributed by atoms with Gasteiger partial charge in [-0.3, -0.25) is 0 Å². The van der Waals surface area contributed by atoms with Crippen LogP contribution in [0, 0.1) is 5.82 Å². The molecule has 0 aromatic heterocycles. The summed E-state index contributed by atoms with van der Waals surface area (Å²) in [4.78, 5) is 0. The predicted molar refractivity (Wildman–Crippen MR) is 53.5 cm³/mol. The molecular formula is C10H11F5N2. The van der Waals surface area contributed by atoms with Crippen molar-refractivity contribution >= 4 is 5.69 Å². The first kappa shape index (κ1) is 13.7. The molecule has 0 radical (unpaired) electrons. The zero-order chi connectivity index (χ0) is 13.1. The molecule has 2 nitrogen and oxygen atoms in total. The Morgan fingerprint density at radius 2 is 1.94 bits per heavy atom. The molecule has 1 rings (SSSR count). The minimum absolute atomic E-state index is 0.0633. The van der Waals surface area contributed by atoms with Gasteiger partial charge < -0.3 is 11.1 Å². The molecule has 0 heterocycles. The number of alkyl halides is 4. The highest BCUT2D eigenvalue weighted by Crippen LogP contribution is 2.21.